The Morgan fingerprint density at radius 1 is 1.21 bits per heavy atom. The predicted octanol–water partition coefficient (Wildman–Crippen LogP) is 2.82. The average molecular weight is 197 g/mol. The van der Waals surface area contributed by atoms with Crippen molar-refractivity contribution in [2.45, 2.75) is 59.4 Å². The maximum absolute atomic E-state index is 11.6. The summed E-state index contributed by atoms with van der Waals surface area (Å²) in [6.45, 7) is 12.0. The van der Waals surface area contributed by atoms with Gasteiger partial charge in [0, 0.05) is 18.5 Å². The third kappa shape index (κ3) is 2.73. The summed E-state index contributed by atoms with van der Waals surface area (Å²) < 4.78 is 0. The van der Waals surface area contributed by atoms with Crippen LogP contribution in [-0.2, 0) is 4.79 Å². The number of likely N-dealkylation sites (tertiary alicyclic amines) is 1. The van der Waals surface area contributed by atoms with Gasteiger partial charge in [0.05, 0.1) is 0 Å². The fourth-order valence-corrected chi connectivity index (χ4v) is 2.68. The molecule has 0 unspecified atom stereocenters. The van der Waals surface area contributed by atoms with E-state index in [0.29, 0.717) is 5.91 Å². The molecule has 1 amide bonds. The van der Waals surface area contributed by atoms with Crippen molar-refractivity contribution >= 4 is 5.91 Å². The molecule has 1 aliphatic rings. The van der Waals surface area contributed by atoms with Gasteiger partial charge in [0.15, 0.2) is 0 Å². The second-order valence-corrected chi connectivity index (χ2v) is 6.20. The number of amides is 1. The Morgan fingerprint density at radius 3 is 2.14 bits per heavy atom. The van der Waals surface area contributed by atoms with Gasteiger partial charge >= 0.3 is 0 Å². The molecule has 0 aromatic heterocycles. The van der Waals surface area contributed by atoms with Gasteiger partial charge in [-0.3, -0.25) is 4.79 Å². The molecule has 0 aromatic rings. The minimum absolute atomic E-state index is 0.0197. The number of nitrogens with zero attached hydrogens (tertiary/aromatic N) is 1. The summed E-state index contributed by atoms with van der Waals surface area (Å²) in [5.41, 5.74) is 0.304. The Bertz CT molecular complexity index is 225. The summed E-state index contributed by atoms with van der Waals surface area (Å²) in [5, 5.41) is 0. The normalized spacial score (nSPS) is 19.2. The Kier molecular flexibility index (Phi) is 2.93. The van der Waals surface area contributed by atoms with Gasteiger partial charge in [-0.05, 0) is 32.1 Å². The lowest BCUT2D eigenvalue weighted by molar-refractivity contribution is -0.133. The van der Waals surface area contributed by atoms with Crippen LogP contribution in [0.4, 0.5) is 0 Å². The molecular weight excluding hydrogens is 174 g/mol. The summed E-state index contributed by atoms with van der Waals surface area (Å²) >= 11 is 0. The quantitative estimate of drug-likeness (QED) is 0.666. The predicted molar refractivity (Wildman–Crippen MR) is 59.1 cm³/mol. The zero-order valence-corrected chi connectivity index (χ0v) is 10.2. The highest BCUT2D eigenvalue weighted by Gasteiger charge is 2.36. The van der Waals surface area contributed by atoms with Crippen LogP contribution in [0.2, 0.25) is 0 Å². The smallest absolute Gasteiger partial charge is 0.223 e. The Balaban J connectivity index is 2.69. The first kappa shape index (κ1) is 11.5. The molecule has 1 heterocycles. The minimum atomic E-state index is 0.0197. The molecule has 0 aromatic carbocycles. The van der Waals surface area contributed by atoms with E-state index < -0.39 is 0 Å². The highest BCUT2D eigenvalue weighted by molar-refractivity contribution is 5.78. The molecule has 1 fully saturated rings. The molecule has 1 rings (SSSR count). The van der Waals surface area contributed by atoms with Crippen LogP contribution in [-0.4, -0.2) is 22.9 Å². The van der Waals surface area contributed by atoms with Gasteiger partial charge in [0.25, 0.3) is 0 Å². The van der Waals surface area contributed by atoms with E-state index in [-0.39, 0.29) is 11.0 Å². The van der Waals surface area contributed by atoms with Crippen LogP contribution in [0, 0.1) is 5.41 Å². The average Bonchev–Trinajstić information content (AvgIpc) is 2.29. The van der Waals surface area contributed by atoms with Gasteiger partial charge in [0.1, 0.15) is 0 Å². The Hall–Kier alpha value is -0.530. The van der Waals surface area contributed by atoms with E-state index >= 15 is 0 Å². The summed E-state index contributed by atoms with van der Waals surface area (Å²) in [6.07, 6.45) is 2.84. The molecule has 1 saturated heterocycles. The molecule has 0 N–H and O–H groups in total. The lowest BCUT2D eigenvalue weighted by atomic mass is 9.81. The van der Waals surface area contributed by atoms with E-state index in [1.165, 1.54) is 0 Å². The molecule has 2 nitrogen and oxygen atoms in total. The minimum Gasteiger partial charge on any atom is -0.338 e. The first-order chi connectivity index (χ1) is 6.22. The third-order valence-corrected chi connectivity index (χ3v) is 2.77. The highest BCUT2D eigenvalue weighted by atomic mass is 16.2. The molecule has 82 valence electrons. The monoisotopic (exact) mass is 197 g/mol. The van der Waals surface area contributed by atoms with Gasteiger partial charge in [0.2, 0.25) is 5.91 Å². The van der Waals surface area contributed by atoms with Crippen molar-refractivity contribution in [3.8, 4) is 0 Å². The van der Waals surface area contributed by atoms with Crippen LogP contribution in [0.25, 0.3) is 0 Å². The number of hydrogen-bond donors (Lipinski definition) is 0. The molecule has 14 heavy (non-hydrogen) atoms. The van der Waals surface area contributed by atoms with E-state index in [0.717, 1.165) is 25.8 Å². The van der Waals surface area contributed by atoms with Gasteiger partial charge in [-0.25, -0.2) is 0 Å². The molecule has 0 radical (unpaired) electrons. The van der Waals surface area contributed by atoms with E-state index in [1.807, 2.05) is 0 Å². The number of carbonyl (C=O) groups excluding carboxylic acids is 1. The van der Waals surface area contributed by atoms with Crippen LogP contribution in [0.5, 0.6) is 0 Å². The SMILES string of the molecule is CC(C)(C)CC(C)(C)N1CCCC1=O. The molecule has 0 atom stereocenters. The largest absolute Gasteiger partial charge is 0.338 e. The number of rotatable bonds is 2. The summed E-state index contributed by atoms with van der Waals surface area (Å²) in [6, 6.07) is 0. The van der Waals surface area contributed by atoms with Crippen molar-refractivity contribution in [1.29, 1.82) is 0 Å². The van der Waals surface area contributed by atoms with Crippen molar-refractivity contribution in [2.75, 3.05) is 6.54 Å². The van der Waals surface area contributed by atoms with Crippen molar-refractivity contribution in [3.63, 3.8) is 0 Å². The van der Waals surface area contributed by atoms with E-state index in [4.69, 9.17) is 0 Å². The van der Waals surface area contributed by atoms with Crippen molar-refractivity contribution in [1.82, 2.24) is 4.90 Å². The van der Waals surface area contributed by atoms with E-state index in [2.05, 4.69) is 39.5 Å². The highest BCUT2D eigenvalue weighted by Crippen LogP contribution is 2.33. The molecule has 0 saturated carbocycles. The second kappa shape index (κ2) is 3.56. The topological polar surface area (TPSA) is 20.3 Å². The maximum Gasteiger partial charge on any atom is 0.223 e. The van der Waals surface area contributed by atoms with Crippen LogP contribution in [0.15, 0.2) is 0 Å². The fourth-order valence-electron chi connectivity index (χ4n) is 2.68. The van der Waals surface area contributed by atoms with Crippen molar-refractivity contribution in [2.24, 2.45) is 5.41 Å². The molecule has 1 aliphatic heterocycles. The van der Waals surface area contributed by atoms with Crippen LogP contribution in [0.3, 0.4) is 0 Å². The van der Waals surface area contributed by atoms with Crippen LogP contribution < -0.4 is 0 Å². The first-order valence-corrected chi connectivity index (χ1v) is 5.53. The molecule has 2 heteroatoms. The Morgan fingerprint density at radius 2 is 1.79 bits per heavy atom. The van der Waals surface area contributed by atoms with E-state index in [1.54, 1.807) is 0 Å². The summed E-state index contributed by atoms with van der Waals surface area (Å²) in [5.74, 6) is 0.333. The summed E-state index contributed by atoms with van der Waals surface area (Å²) in [4.78, 5) is 13.7. The van der Waals surface area contributed by atoms with Gasteiger partial charge < -0.3 is 4.90 Å². The molecular formula is C12H23NO. The maximum atomic E-state index is 11.6. The van der Waals surface area contributed by atoms with Gasteiger partial charge in [-0.2, -0.15) is 0 Å². The molecule has 0 bridgehead atoms. The third-order valence-electron chi connectivity index (χ3n) is 2.77. The van der Waals surface area contributed by atoms with Crippen LogP contribution in [0.1, 0.15) is 53.9 Å². The van der Waals surface area contributed by atoms with Gasteiger partial charge in [-0.1, -0.05) is 20.8 Å². The van der Waals surface area contributed by atoms with Crippen molar-refractivity contribution < 1.29 is 4.79 Å². The zero-order chi connectivity index (χ0) is 11.0. The van der Waals surface area contributed by atoms with Crippen molar-refractivity contribution in [3.05, 3.63) is 0 Å². The first-order valence-electron chi connectivity index (χ1n) is 5.53. The Labute approximate surface area is 87.7 Å². The lowest BCUT2D eigenvalue weighted by Crippen LogP contribution is -2.46. The van der Waals surface area contributed by atoms with Gasteiger partial charge in [-0.15, -0.1) is 0 Å². The molecule has 0 spiro atoms. The lowest BCUT2D eigenvalue weighted by Gasteiger charge is -2.40. The number of carbonyl (C=O) groups is 1. The van der Waals surface area contributed by atoms with E-state index in [9.17, 15) is 4.79 Å². The van der Waals surface area contributed by atoms with Crippen LogP contribution >= 0.6 is 0 Å². The number of hydrogen-bond acceptors (Lipinski definition) is 1. The fraction of sp³-hybridized carbons (Fsp3) is 0.917. The summed E-state index contributed by atoms with van der Waals surface area (Å²) in [7, 11) is 0. The molecule has 0 aliphatic carbocycles. The second-order valence-electron chi connectivity index (χ2n) is 6.20. The zero-order valence-electron chi connectivity index (χ0n) is 10.2. The standard InChI is InChI=1S/C12H23NO/c1-11(2,3)9-12(4,5)13-8-6-7-10(13)14/h6-9H2,1-5H3.